The molecule has 0 aliphatic heterocycles. The minimum Gasteiger partial charge on any atom is -0.352 e. The number of benzene rings is 2. The van der Waals surface area contributed by atoms with E-state index in [1.54, 1.807) is 30.3 Å². The first-order chi connectivity index (χ1) is 8.60. The van der Waals surface area contributed by atoms with Crippen LogP contribution in [0.1, 0.15) is 5.56 Å². The smallest absolute Gasteiger partial charge is 0.147 e. The zero-order valence-corrected chi connectivity index (χ0v) is 12.2. The molecule has 1 N–H and O–H groups in total. The van der Waals surface area contributed by atoms with Gasteiger partial charge in [-0.3, -0.25) is 0 Å². The van der Waals surface area contributed by atoms with E-state index in [1.807, 2.05) is 6.07 Å². The second kappa shape index (κ2) is 5.51. The van der Waals surface area contributed by atoms with Crippen LogP contribution in [-0.2, 0) is 0 Å². The summed E-state index contributed by atoms with van der Waals surface area (Å²) in [5, 5.41) is 11.7. The maximum Gasteiger partial charge on any atom is 0.147 e. The number of nitrogens with one attached hydrogen (secondary N) is 1. The lowest BCUT2D eigenvalue weighted by molar-refractivity contribution is 0.631. The molecule has 0 aromatic heterocycles. The third kappa shape index (κ3) is 2.89. The van der Waals surface area contributed by atoms with Crippen LogP contribution >= 0.6 is 31.9 Å². The molecule has 2 aromatic carbocycles. The molecule has 0 aliphatic rings. The lowest BCUT2D eigenvalue weighted by Crippen LogP contribution is -1.95. The van der Waals surface area contributed by atoms with Crippen molar-refractivity contribution in [3.63, 3.8) is 0 Å². The van der Waals surface area contributed by atoms with Crippen LogP contribution in [0.4, 0.5) is 15.8 Å². The Morgan fingerprint density at radius 1 is 1.06 bits per heavy atom. The molecule has 2 aromatic rings. The average Bonchev–Trinajstić information content (AvgIpc) is 2.34. The van der Waals surface area contributed by atoms with Crippen molar-refractivity contribution in [2.75, 3.05) is 5.32 Å². The van der Waals surface area contributed by atoms with Crippen molar-refractivity contribution in [3.05, 3.63) is 56.7 Å². The van der Waals surface area contributed by atoms with E-state index in [9.17, 15) is 4.39 Å². The number of hydrogen-bond acceptors (Lipinski definition) is 2. The van der Waals surface area contributed by atoms with Crippen molar-refractivity contribution in [1.82, 2.24) is 0 Å². The van der Waals surface area contributed by atoms with Crippen LogP contribution in [0.5, 0.6) is 0 Å². The molecule has 0 atom stereocenters. The molecule has 0 saturated heterocycles. The molecule has 2 rings (SSSR count). The zero-order chi connectivity index (χ0) is 13.1. The Morgan fingerprint density at radius 3 is 2.39 bits per heavy atom. The number of halogens is 3. The second-order valence-electron chi connectivity index (χ2n) is 3.56. The molecule has 2 nitrogen and oxygen atoms in total. The molecule has 0 fully saturated rings. The van der Waals surface area contributed by atoms with Crippen LogP contribution in [-0.4, -0.2) is 0 Å². The monoisotopic (exact) mass is 368 g/mol. The Bertz CT molecular complexity index is 635. The highest BCUT2D eigenvalue weighted by Gasteiger charge is 2.06. The molecule has 18 heavy (non-hydrogen) atoms. The van der Waals surface area contributed by atoms with Gasteiger partial charge in [-0.05, 0) is 52.3 Å². The fourth-order valence-corrected chi connectivity index (χ4v) is 2.23. The summed E-state index contributed by atoms with van der Waals surface area (Å²) >= 11 is 6.54. The molecule has 0 bridgehead atoms. The predicted molar refractivity (Wildman–Crippen MR) is 76.2 cm³/mol. The highest BCUT2D eigenvalue weighted by atomic mass is 79.9. The molecular formula is C13H7Br2FN2. The van der Waals surface area contributed by atoms with Crippen molar-refractivity contribution >= 4 is 43.2 Å². The van der Waals surface area contributed by atoms with Gasteiger partial charge in [-0.25, -0.2) is 4.39 Å². The summed E-state index contributed by atoms with van der Waals surface area (Å²) in [4.78, 5) is 0. The van der Waals surface area contributed by atoms with Crippen LogP contribution in [0, 0.1) is 17.1 Å². The standard InChI is InChI=1S/C13H7Br2FN2/c14-9-2-4-13(11(16)6-9)18-12-3-1-8(7-17)5-10(12)15/h1-6,18H. The van der Waals surface area contributed by atoms with E-state index in [2.05, 4.69) is 37.2 Å². The SMILES string of the molecule is N#Cc1ccc(Nc2ccc(Br)cc2F)c(Br)c1. The average molecular weight is 370 g/mol. The fourth-order valence-electron chi connectivity index (χ4n) is 1.42. The number of rotatable bonds is 2. The summed E-state index contributed by atoms with van der Waals surface area (Å²) in [6, 6.07) is 11.9. The normalized spacial score (nSPS) is 9.89. The summed E-state index contributed by atoms with van der Waals surface area (Å²) in [6.07, 6.45) is 0. The van der Waals surface area contributed by atoms with Gasteiger partial charge in [0.15, 0.2) is 0 Å². The van der Waals surface area contributed by atoms with Gasteiger partial charge in [0.25, 0.3) is 0 Å². The molecule has 5 heteroatoms. The Kier molecular flexibility index (Phi) is 4.00. The topological polar surface area (TPSA) is 35.8 Å². The van der Waals surface area contributed by atoms with Gasteiger partial charge in [0.05, 0.1) is 23.0 Å². The molecule has 0 saturated carbocycles. The highest BCUT2D eigenvalue weighted by Crippen LogP contribution is 2.29. The van der Waals surface area contributed by atoms with E-state index < -0.39 is 0 Å². The van der Waals surface area contributed by atoms with Gasteiger partial charge in [-0.15, -0.1) is 0 Å². The van der Waals surface area contributed by atoms with Gasteiger partial charge in [0, 0.05) is 8.95 Å². The predicted octanol–water partition coefficient (Wildman–Crippen LogP) is 4.97. The number of nitriles is 1. The first kappa shape index (κ1) is 13.1. The summed E-state index contributed by atoms with van der Waals surface area (Å²) in [5.74, 6) is -0.347. The van der Waals surface area contributed by atoms with E-state index >= 15 is 0 Å². The van der Waals surface area contributed by atoms with E-state index in [1.165, 1.54) is 6.07 Å². The number of anilines is 2. The Balaban J connectivity index is 2.32. The highest BCUT2D eigenvalue weighted by molar-refractivity contribution is 9.10. The Hall–Kier alpha value is -1.38. The van der Waals surface area contributed by atoms with Crippen molar-refractivity contribution in [2.24, 2.45) is 0 Å². The van der Waals surface area contributed by atoms with Gasteiger partial charge < -0.3 is 5.32 Å². The minimum absolute atomic E-state index is 0.347. The third-order valence-electron chi connectivity index (χ3n) is 2.30. The summed E-state index contributed by atoms with van der Waals surface area (Å²) < 4.78 is 15.0. The first-order valence-electron chi connectivity index (χ1n) is 5.02. The van der Waals surface area contributed by atoms with E-state index in [0.717, 1.165) is 0 Å². The quantitative estimate of drug-likeness (QED) is 0.811. The lowest BCUT2D eigenvalue weighted by Gasteiger charge is -2.09. The van der Waals surface area contributed by atoms with Gasteiger partial charge in [-0.1, -0.05) is 15.9 Å². The molecule has 0 spiro atoms. The van der Waals surface area contributed by atoms with Crippen molar-refractivity contribution in [3.8, 4) is 6.07 Å². The number of nitrogens with zero attached hydrogens (tertiary/aromatic N) is 1. The van der Waals surface area contributed by atoms with Gasteiger partial charge >= 0.3 is 0 Å². The van der Waals surface area contributed by atoms with Crippen LogP contribution in [0.15, 0.2) is 45.3 Å². The maximum absolute atomic E-state index is 13.7. The molecule has 0 radical (unpaired) electrons. The summed E-state index contributed by atoms with van der Waals surface area (Å²) in [6.45, 7) is 0. The largest absolute Gasteiger partial charge is 0.352 e. The van der Waals surface area contributed by atoms with Crippen LogP contribution < -0.4 is 5.32 Å². The third-order valence-corrected chi connectivity index (χ3v) is 3.45. The molecule has 0 aliphatic carbocycles. The zero-order valence-electron chi connectivity index (χ0n) is 9.05. The summed E-state index contributed by atoms with van der Waals surface area (Å²) in [5.41, 5.74) is 1.63. The number of hydrogen-bond donors (Lipinski definition) is 1. The van der Waals surface area contributed by atoms with Crippen molar-refractivity contribution in [1.29, 1.82) is 5.26 Å². The molecule has 0 amide bonds. The van der Waals surface area contributed by atoms with E-state index in [-0.39, 0.29) is 5.82 Å². The van der Waals surface area contributed by atoms with Gasteiger partial charge in [-0.2, -0.15) is 5.26 Å². The minimum atomic E-state index is -0.347. The first-order valence-corrected chi connectivity index (χ1v) is 6.60. The lowest BCUT2D eigenvalue weighted by atomic mass is 10.2. The van der Waals surface area contributed by atoms with Crippen molar-refractivity contribution in [2.45, 2.75) is 0 Å². The van der Waals surface area contributed by atoms with Gasteiger partial charge in [0.2, 0.25) is 0 Å². The van der Waals surface area contributed by atoms with Crippen molar-refractivity contribution < 1.29 is 4.39 Å². The molecule has 0 heterocycles. The van der Waals surface area contributed by atoms with Crippen LogP contribution in [0.3, 0.4) is 0 Å². The molecule has 90 valence electrons. The maximum atomic E-state index is 13.7. The van der Waals surface area contributed by atoms with Crippen LogP contribution in [0.2, 0.25) is 0 Å². The molecular weight excluding hydrogens is 363 g/mol. The van der Waals surface area contributed by atoms with E-state index in [0.29, 0.717) is 25.9 Å². The van der Waals surface area contributed by atoms with E-state index in [4.69, 9.17) is 5.26 Å². The summed E-state index contributed by atoms with van der Waals surface area (Å²) in [7, 11) is 0. The Labute approximate surface area is 121 Å². The fraction of sp³-hybridized carbons (Fsp3) is 0. The Morgan fingerprint density at radius 2 is 1.78 bits per heavy atom. The second-order valence-corrected chi connectivity index (χ2v) is 5.33. The van der Waals surface area contributed by atoms with Gasteiger partial charge in [0.1, 0.15) is 5.82 Å². The van der Waals surface area contributed by atoms with Crippen LogP contribution in [0.25, 0.3) is 0 Å². The molecule has 0 unspecified atom stereocenters.